The molecule has 0 bridgehead atoms. The highest BCUT2D eigenvalue weighted by molar-refractivity contribution is 7.99. The van der Waals surface area contributed by atoms with Crippen molar-refractivity contribution in [2.24, 2.45) is 0 Å². The van der Waals surface area contributed by atoms with Gasteiger partial charge in [-0.25, -0.2) is 0 Å². The highest BCUT2D eigenvalue weighted by atomic mass is 32.2. The smallest absolute Gasteiger partial charge is 0.171 e. The number of hydrogen-bond acceptors (Lipinski definition) is 1. The van der Waals surface area contributed by atoms with Crippen LogP contribution in [0.3, 0.4) is 0 Å². The van der Waals surface area contributed by atoms with E-state index in [4.69, 9.17) is 0 Å². The molecular weight excluding hydrogens is 161 g/mol. The van der Waals surface area contributed by atoms with E-state index in [-0.39, 0.29) is 5.75 Å². The van der Waals surface area contributed by atoms with Crippen LogP contribution >= 0.6 is 11.8 Å². The second kappa shape index (κ2) is 4.88. The Balaban J connectivity index is 3.04. The first-order valence-electron chi connectivity index (χ1n) is 3.20. The summed E-state index contributed by atoms with van der Waals surface area (Å²) >= 11 is 1.36. The zero-order valence-corrected chi connectivity index (χ0v) is 6.69. The second-order valence-corrected chi connectivity index (χ2v) is 3.20. The molecular formula is C6H11F3S. The van der Waals surface area contributed by atoms with Crippen LogP contribution in [0.25, 0.3) is 0 Å². The third-order valence-electron chi connectivity index (χ3n) is 0.878. The van der Waals surface area contributed by atoms with Gasteiger partial charge in [0.2, 0.25) is 0 Å². The summed E-state index contributed by atoms with van der Waals surface area (Å²) in [5.41, 5.74) is 0. The van der Waals surface area contributed by atoms with Crippen LogP contribution in [0.1, 0.15) is 19.8 Å². The van der Waals surface area contributed by atoms with E-state index in [1.807, 2.05) is 6.92 Å². The van der Waals surface area contributed by atoms with Gasteiger partial charge in [0.25, 0.3) is 0 Å². The van der Waals surface area contributed by atoms with Gasteiger partial charge in [-0.1, -0.05) is 6.92 Å². The molecule has 0 aromatic carbocycles. The molecule has 0 radical (unpaired) electrons. The van der Waals surface area contributed by atoms with Crippen molar-refractivity contribution in [1.29, 1.82) is 0 Å². The second-order valence-electron chi connectivity index (χ2n) is 1.98. The van der Waals surface area contributed by atoms with Gasteiger partial charge >= 0.3 is 6.18 Å². The lowest BCUT2D eigenvalue weighted by atomic mass is 10.5. The van der Waals surface area contributed by atoms with Gasteiger partial charge in [-0.05, 0) is 12.2 Å². The maximum Gasteiger partial charge on any atom is 0.389 e. The topological polar surface area (TPSA) is 0 Å². The highest BCUT2D eigenvalue weighted by Crippen LogP contribution is 2.21. The molecule has 0 atom stereocenters. The summed E-state index contributed by atoms with van der Waals surface area (Å²) in [7, 11) is 0. The summed E-state index contributed by atoms with van der Waals surface area (Å²) in [5, 5.41) is 0. The fourth-order valence-electron chi connectivity index (χ4n) is 0.434. The first-order valence-corrected chi connectivity index (χ1v) is 4.36. The van der Waals surface area contributed by atoms with E-state index in [1.54, 1.807) is 0 Å². The maximum atomic E-state index is 11.5. The van der Waals surface area contributed by atoms with E-state index in [1.165, 1.54) is 11.8 Å². The molecule has 0 saturated carbocycles. The molecule has 4 heteroatoms. The molecule has 0 fully saturated rings. The quantitative estimate of drug-likeness (QED) is 0.587. The molecule has 0 nitrogen and oxygen atoms in total. The number of alkyl halides is 3. The van der Waals surface area contributed by atoms with Gasteiger partial charge in [0, 0.05) is 5.75 Å². The van der Waals surface area contributed by atoms with Crippen molar-refractivity contribution in [2.45, 2.75) is 25.9 Å². The van der Waals surface area contributed by atoms with Gasteiger partial charge in [-0.15, -0.1) is 0 Å². The summed E-state index contributed by atoms with van der Waals surface area (Å²) < 4.78 is 34.4. The Morgan fingerprint density at radius 2 is 1.80 bits per heavy atom. The molecule has 0 rings (SSSR count). The minimum Gasteiger partial charge on any atom is -0.171 e. The Morgan fingerprint density at radius 3 is 2.20 bits per heavy atom. The van der Waals surface area contributed by atoms with Gasteiger partial charge in [-0.2, -0.15) is 24.9 Å². The van der Waals surface area contributed by atoms with Crippen molar-refractivity contribution < 1.29 is 13.2 Å². The maximum absolute atomic E-state index is 11.5. The zero-order chi connectivity index (χ0) is 8.04. The monoisotopic (exact) mass is 172 g/mol. The van der Waals surface area contributed by atoms with Gasteiger partial charge in [0.15, 0.2) is 0 Å². The van der Waals surface area contributed by atoms with E-state index >= 15 is 0 Å². The van der Waals surface area contributed by atoms with Crippen LogP contribution in [0.5, 0.6) is 0 Å². The average molecular weight is 172 g/mol. The Bertz CT molecular complexity index is 79.6. The number of thioether (sulfide) groups is 1. The van der Waals surface area contributed by atoms with Gasteiger partial charge in [0.05, 0.1) is 6.42 Å². The van der Waals surface area contributed by atoms with Crippen LogP contribution < -0.4 is 0 Å². The third-order valence-corrected chi connectivity index (χ3v) is 2.07. The molecule has 0 heterocycles. The summed E-state index contributed by atoms with van der Waals surface area (Å²) in [6, 6.07) is 0. The number of halogens is 3. The summed E-state index contributed by atoms with van der Waals surface area (Å²) in [6.45, 7) is 1.96. The fourth-order valence-corrected chi connectivity index (χ4v) is 1.30. The number of rotatable bonds is 4. The van der Waals surface area contributed by atoms with Crippen LogP contribution in [0.4, 0.5) is 13.2 Å². The minimum atomic E-state index is -3.97. The Morgan fingerprint density at radius 1 is 1.20 bits per heavy atom. The SMILES string of the molecule is CCCSCCC(F)(F)F. The molecule has 10 heavy (non-hydrogen) atoms. The summed E-state index contributed by atoms with van der Waals surface area (Å²) in [5.74, 6) is 1.04. The molecule has 0 N–H and O–H groups in total. The van der Waals surface area contributed by atoms with Crippen LogP contribution in [-0.4, -0.2) is 17.7 Å². The molecule has 0 spiro atoms. The molecule has 0 aliphatic carbocycles. The molecule has 0 saturated heterocycles. The predicted octanol–water partition coefficient (Wildman–Crippen LogP) is 3.08. The lowest BCUT2D eigenvalue weighted by molar-refractivity contribution is -0.129. The molecule has 62 valence electrons. The number of hydrogen-bond donors (Lipinski definition) is 0. The third kappa shape index (κ3) is 8.14. The first-order chi connectivity index (χ1) is 4.56. The molecule has 0 aliphatic rings. The Kier molecular flexibility index (Phi) is 4.95. The highest BCUT2D eigenvalue weighted by Gasteiger charge is 2.25. The van der Waals surface area contributed by atoms with Crippen molar-refractivity contribution in [3.05, 3.63) is 0 Å². The molecule has 0 aliphatic heterocycles. The van der Waals surface area contributed by atoms with Crippen molar-refractivity contribution in [3.63, 3.8) is 0 Å². The largest absolute Gasteiger partial charge is 0.389 e. The minimum absolute atomic E-state index is 0.206. The molecule has 0 unspecified atom stereocenters. The van der Waals surface area contributed by atoms with Crippen LogP contribution in [0.15, 0.2) is 0 Å². The van der Waals surface area contributed by atoms with E-state index < -0.39 is 12.6 Å². The lowest BCUT2D eigenvalue weighted by Gasteiger charge is -2.03. The molecule has 0 amide bonds. The van der Waals surface area contributed by atoms with E-state index in [2.05, 4.69) is 0 Å². The average Bonchev–Trinajstić information content (AvgIpc) is 1.78. The van der Waals surface area contributed by atoms with Crippen molar-refractivity contribution in [2.75, 3.05) is 11.5 Å². The molecule has 0 aromatic rings. The summed E-state index contributed by atoms with van der Waals surface area (Å²) in [6.07, 6.45) is -3.68. The van der Waals surface area contributed by atoms with E-state index in [0.717, 1.165) is 12.2 Å². The van der Waals surface area contributed by atoms with E-state index in [9.17, 15) is 13.2 Å². The normalized spacial score (nSPS) is 12.0. The van der Waals surface area contributed by atoms with Crippen LogP contribution in [0.2, 0.25) is 0 Å². The van der Waals surface area contributed by atoms with E-state index in [0.29, 0.717) is 0 Å². The Hall–Kier alpha value is 0.140. The van der Waals surface area contributed by atoms with Gasteiger partial charge < -0.3 is 0 Å². The van der Waals surface area contributed by atoms with Crippen molar-refractivity contribution >= 4 is 11.8 Å². The summed E-state index contributed by atoms with van der Waals surface area (Å²) in [4.78, 5) is 0. The molecule has 0 aromatic heterocycles. The Labute approximate surface area is 63.2 Å². The van der Waals surface area contributed by atoms with Crippen molar-refractivity contribution in [3.8, 4) is 0 Å². The lowest BCUT2D eigenvalue weighted by Crippen LogP contribution is -2.08. The fraction of sp³-hybridized carbons (Fsp3) is 1.00. The standard InChI is InChI=1S/C6H11F3S/c1-2-4-10-5-3-6(7,8)9/h2-5H2,1H3. The van der Waals surface area contributed by atoms with Crippen LogP contribution in [-0.2, 0) is 0 Å². The van der Waals surface area contributed by atoms with Crippen molar-refractivity contribution in [1.82, 2.24) is 0 Å². The van der Waals surface area contributed by atoms with Gasteiger partial charge in [-0.3, -0.25) is 0 Å². The predicted molar refractivity (Wildman–Crippen MR) is 38.3 cm³/mol. The zero-order valence-electron chi connectivity index (χ0n) is 5.87. The first kappa shape index (κ1) is 10.1. The van der Waals surface area contributed by atoms with Crippen LogP contribution in [0, 0.1) is 0 Å². The van der Waals surface area contributed by atoms with Gasteiger partial charge in [0.1, 0.15) is 0 Å².